The number of nitrogens with one attached hydrogen (secondary N) is 1. The van der Waals surface area contributed by atoms with Crippen LogP contribution in [0.1, 0.15) is 50.9 Å². The maximum absolute atomic E-state index is 4.82. The number of anilines is 2. The molecule has 1 aromatic carbocycles. The number of nitrogens with zero attached hydrogens (tertiary/aromatic N) is 3. The van der Waals surface area contributed by atoms with Gasteiger partial charge < -0.3 is 10.2 Å². The van der Waals surface area contributed by atoms with E-state index in [9.17, 15) is 0 Å². The minimum Gasteiger partial charge on any atom is -0.352 e. The van der Waals surface area contributed by atoms with Crippen LogP contribution >= 0.6 is 0 Å². The monoisotopic (exact) mass is 324 g/mol. The van der Waals surface area contributed by atoms with E-state index in [1.807, 2.05) is 0 Å². The molecule has 0 radical (unpaired) electrons. The minimum atomic E-state index is 0.379. The van der Waals surface area contributed by atoms with E-state index in [1.54, 1.807) is 0 Å². The first-order chi connectivity index (χ1) is 11.6. The molecule has 0 saturated carbocycles. The normalized spacial score (nSPS) is 18.2. The molecule has 2 heterocycles. The maximum Gasteiger partial charge on any atom is 0.225 e. The Labute approximate surface area is 145 Å². The maximum atomic E-state index is 4.82. The largest absolute Gasteiger partial charge is 0.352 e. The summed E-state index contributed by atoms with van der Waals surface area (Å²) in [4.78, 5) is 11.9. The quantitative estimate of drug-likeness (QED) is 0.895. The summed E-state index contributed by atoms with van der Waals surface area (Å²) >= 11 is 0. The Bertz CT molecular complexity index is 698. The molecule has 1 aliphatic rings. The number of aryl methyl sites for hydroxylation is 1. The third-order valence-electron chi connectivity index (χ3n) is 4.92. The van der Waals surface area contributed by atoms with E-state index in [-0.39, 0.29) is 0 Å². The predicted octanol–water partition coefficient (Wildman–Crippen LogP) is 4.20. The van der Waals surface area contributed by atoms with E-state index in [2.05, 4.69) is 73.2 Å². The van der Waals surface area contributed by atoms with Crippen molar-refractivity contribution in [1.82, 2.24) is 9.97 Å². The van der Waals surface area contributed by atoms with Crippen LogP contribution in [0.2, 0.25) is 0 Å². The van der Waals surface area contributed by atoms with Crippen molar-refractivity contribution in [1.29, 1.82) is 0 Å². The molecular weight excluding hydrogens is 296 g/mol. The van der Waals surface area contributed by atoms with Crippen LogP contribution in [0.25, 0.3) is 0 Å². The lowest BCUT2D eigenvalue weighted by Crippen LogP contribution is -2.39. The fourth-order valence-electron chi connectivity index (χ4n) is 3.18. The van der Waals surface area contributed by atoms with Crippen molar-refractivity contribution in [2.45, 2.75) is 65.6 Å². The van der Waals surface area contributed by atoms with E-state index in [0.717, 1.165) is 43.3 Å². The molecule has 3 rings (SSSR count). The molecule has 0 saturated heterocycles. The van der Waals surface area contributed by atoms with E-state index >= 15 is 0 Å². The topological polar surface area (TPSA) is 41.1 Å². The van der Waals surface area contributed by atoms with Gasteiger partial charge in [0.1, 0.15) is 5.82 Å². The smallest absolute Gasteiger partial charge is 0.225 e. The summed E-state index contributed by atoms with van der Waals surface area (Å²) < 4.78 is 0. The van der Waals surface area contributed by atoms with Gasteiger partial charge in [-0.3, -0.25) is 0 Å². The zero-order chi connectivity index (χ0) is 17.1. The Morgan fingerprint density at radius 1 is 1.21 bits per heavy atom. The Hall–Kier alpha value is -2.10. The summed E-state index contributed by atoms with van der Waals surface area (Å²) in [6, 6.07) is 11.7. The Balaban J connectivity index is 1.92. The molecule has 2 aromatic rings. The molecule has 4 nitrogen and oxygen atoms in total. The highest BCUT2D eigenvalue weighted by atomic mass is 15.3. The first-order valence-electron chi connectivity index (χ1n) is 9.08. The van der Waals surface area contributed by atoms with Crippen molar-refractivity contribution in [2.24, 2.45) is 0 Å². The van der Waals surface area contributed by atoms with Crippen molar-refractivity contribution in [2.75, 3.05) is 10.2 Å². The van der Waals surface area contributed by atoms with Gasteiger partial charge in [-0.15, -0.1) is 0 Å². The van der Waals surface area contributed by atoms with Crippen molar-refractivity contribution in [3.8, 4) is 0 Å². The second kappa shape index (κ2) is 7.20. The second-order valence-corrected chi connectivity index (χ2v) is 6.80. The third kappa shape index (κ3) is 3.53. The molecule has 4 heteroatoms. The number of benzene rings is 1. The lowest BCUT2D eigenvalue weighted by atomic mass is 9.95. The number of fused-ring (bicyclic) bond motifs is 1. The highest BCUT2D eigenvalue weighted by Gasteiger charge is 2.24. The van der Waals surface area contributed by atoms with Crippen LogP contribution in [0.5, 0.6) is 0 Å². The first-order valence-corrected chi connectivity index (χ1v) is 9.08. The number of aromatic nitrogens is 2. The standard InChI is InChI=1S/C20H28N4/c1-5-14(3)21-20-22-18(6-2)12-19(23-20)24-13-17-10-8-7-9-16(17)11-15(24)4/h7-10,12,14-15H,5-6,11,13H2,1-4H3,(H,21,22,23)/t14-,15-/m0/s1. The van der Waals surface area contributed by atoms with Crippen LogP contribution in [0, 0.1) is 0 Å². The van der Waals surface area contributed by atoms with Crippen molar-refractivity contribution in [3.05, 3.63) is 47.2 Å². The first kappa shape index (κ1) is 16.7. The average Bonchev–Trinajstić information content (AvgIpc) is 2.60. The Morgan fingerprint density at radius 2 is 1.96 bits per heavy atom. The van der Waals surface area contributed by atoms with Gasteiger partial charge in [-0.25, -0.2) is 4.98 Å². The summed E-state index contributed by atoms with van der Waals surface area (Å²) in [5.41, 5.74) is 3.96. The average molecular weight is 324 g/mol. The number of hydrogen-bond acceptors (Lipinski definition) is 4. The predicted molar refractivity (Wildman–Crippen MR) is 101 cm³/mol. The summed E-state index contributed by atoms with van der Waals surface area (Å²) in [6.45, 7) is 9.69. The fraction of sp³-hybridized carbons (Fsp3) is 0.500. The molecule has 2 atom stereocenters. The van der Waals surface area contributed by atoms with Gasteiger partial charge in [0.05, 0.1) is 0 Å². The highest BCUT2D eigenvalue weighted by Crippen LogP contribution is 2.28. The molecule has 1 aromatic heterocycles. The van der Waals surface area contributed by atoms with Crippen LogP contribution in [-0.4, -0.2) is 22.1 Å². The Kier molecular flexibility index (Phi) is 5.03. The minimum absolute atomic E-state index is 0.379. The molecule has 0 aliphatic carbocycles. The van der Waals surface area contributed by atoms with Gasteiger partial charge in [0.2, 0.25) is 5.95 Å². The van der Waals surface area contributed by atoms with Crippen LogP contribution in [0.15, 0.2) is 30.3 Å². The van der Waals surface area contributed by atoms with Gasteiger partial charge in [0.15, 0.2) is 0 Å². The van der Waals surface area contributed by atoms with Crippen molar-refractivity contribution in [3.63, 3.8) is 0 Å². The van der Waals surface area contributed by atoms with Crippen LogP contribution in [-0.2, 0) is 19.4 Å². The van der Waals surface area contributed by atoms with E-state index in [4.69, 9.17) is 4.98 Å². The lowest BCUT2D eigenvalue weighted by Gasteiger charge is -2.36. The number of rotatable bonds is 5. The molecule has 1 N–H and O–H groups in total. The van der Waals surface area contributed by atoms with E-state index in [1.165, 1.54) is 11.1 Å². The second-order valence-electron chi connectivity index (χ2n) is 6.80. The molecule has 128 valence electrons. The number of hydrogen-bond donors (Lipinski definition) is 1. The molecule has 0 amide bonds. The summed E-state index contributed by atoms with van der Waals surface area (Å²) in [5.74, 6) is 1.79. The zero-order valence-corrected chi connectivity index (χ0v) is 15.2. The SMILES string of the molecule is CCc1cc(N2Cc3ccccc3C[C@@H]2C)nc(N[C@@H](C)CC)n1. The van der Waals surface area contributed by atoms with Crippen LogP contribution < -0.4 is 10.2 Å². The molecule has 0 bridgehead atoms. The molecule has 0 spiro atoms. The van der Waals surface area contributed by atoms with Crippen molar-refractivity contribution < 1.29 is 0 Å². The molecule has 24 heavy (non-hydrogen) atoms. The van der Waals surface area contributed by atoms with Gasteiger partial charge in [-0.2, -0.15) is 4.98 Å². The summed E-state index contributed by atoms with van der Waals surface area (Å²) in [5, 5.41) is 3.43. The van der Waals surface area contributed by atoms with Crippen molar-refractivity contribution >= 4 is 11.8 Å². The van der Waals surface area contributed by atoms with Gasteiger partial charge in [0.25, 0.3) is 0 Å². The Morgan fingerprint density at radius 3 is 2.67 bits per heavy atom. The lowest BCUT2D eigenvalue weighted by molar-refractivity contribution is 0.585. The summed E-state index contributed by atoms with van der Waals surface area (Å²) in [7, 11) is 0. The van der Waals surface area contributed by atoms with Gasteiger partial charge >= 0.3 is 0 Å². The summed E-state index contributed by atoms with van der Waals surface area (Å²) in [6.07, 6.45) is 3.04. The fourth-order valence-corrected chi connectivity index (χ4v) is 3.18. The van der Waals surface area contributed by atoms with Crippen LogP contribution in [0.3, 0.4) is 0 Å². The zero-order valence-electron chi connectivity index (χ0n) is 15.2. The van der Waals surface area contributed by atoms with Crippen LogP contribution in [0.4, 0.5) is 11.8 Å². The highest BCUT2D eigenvalue weighted by molar-refractivity contribution is 5.49. The molecular formula is C20H28N4. The van der Waals surface area contributed by atoms with Gasteiger partial charge in [0, 0.05) is 30.4 Å². The van der Waals surface area contributed by atoms with Gasteiger partial charge in [-0.05, 0) is 44.2 Å². The third-order valence-corrected chi connectivity index (χ3v) is 4.92. The molecule has 1 aliphatic heterocycles. The van der Waals surface area contributed by atoms with E-state index in [0.29, 0.717) is 12.1 Å². The van der Waals surface area contributed by atoms with Gasteiger partial charge in [-0.1, -0.05) is 38.1 Å². The molecule has 0 fully saturated rings. The van der Waals surface area contributed by atoms with E-state index < -0.39 is 0 Å². The molecule has 0 unspecified atom stereocenters.